The molecule has 1 aromatic heterocycles. The van der Waals surface area contributed by atoms with Crippen LogP contribution in [0, 0.1) is 5.92 Å². The summed E-state index contributed by atoms with van der Waals surface area (Å²) in [7, 11) is 0. The Balaban J connectivity index is 0.00000131. The summed E-state index contributed by atoms with van der Waals surface area (Å²) in [4.78, 5) is 15.6. The monoisotopic (exact) mass is 413 g/mol. The number of aromatic amines is 1. The maximum atomic E-state index is 13.3. The standard InChI is InChI=1S/C19H23N3O3.2ClH/c23-13-19(16-10-20-21-11-16,15-4-2-1-3-5-15)18(24)25-17-12-22-8-6-14(17)7-9-22;;/h1-5,10-11,14,17,23H,6-9,12-13H2,(H,20,21);2*1H. The first-order valence-corrected chi connectivity index (χ1v) is 8.83. The number of aromatic nitrogens is 2. The number of aliphatic hydroxyl groups excluding tert-OH is 1. The number of benzene rings is 1. The molecule has 2 aromatic rings. The second-order valence-electron chi connectivity index (χ2n) is 7.00. The molecule has 148 valence electrons. The van der Waals surface area contributed by atoms with E-state index in [9.17, 15) is 9.90 Å². The van der Waals surface area contributed by atoms with Crippen LogP contribution in [0.15, 0.2) is 42.7 Å². The Labute approximate surface area is 171 Å². The number of halogens is 2. The molecular formula is C19H25Cl2N3O3. The fourth-order valence-electron chi connectivity index (χ4n) is 4.14. The first-order chi connectivity index (χ1) is 12.2. The van der Waals surface area contributed by atoms with Gasteiger partial charge in [-0.15, -0.1) is 24.8 Å². The van der Waals surface area contributed by atoms with Crippen molar-refractivity contribution >= 4 is 30.8 Å². The molecule has 6 nitrogen and oxygen atoms in total. The third kappa shape index (κ3) is 3.85. The third-order valence-corrected chi connectivity index (χ3v) is 5.70. The van der Waals surface area contributed by atoms with Crippen LogP contribution in [0.1, 0.15) is 24.0 Å². The lowest BCUT2D eigenvalue weighted by Crippen LogP contribution is -2.54. The van der Waals surface area contributed by atoms with Gasteiger partial charge >= 0.3 is 5.97 Å². The molecule has 0 amide bonds. The van der Waals surface area contributed by atoms with Gasteiger partial charge in [0.15, 0.2) is 0 Å². The molecule has 3 saturated heterocycles. The minimum atomic E-state index is -1.25. The van der Waals surface area contributed by atoms with Crippen molar-refractivity contribution in [3.05, 3.63) is 53.9 Å². The molecule has 0 radical (unpaired) electrons. The number of piperidine rings is 3. The Morgan fingerprint density at radius 1 is 1.22 bits per heavy atom. The van der Waals surface area contributed by atoms with Gasteiger partial charge in [0.25, 0.3) is 0 Å². The number of H-pyrrole nitrogens is 1. The fraction of sp³-hybridized carbons (Fsp3) is 0.474. The number of hydrogen-bond donors (Lipinski definition) is 2. The van der Waals surface area contributed by atoms with Crippen LogP contribution in [0.5, 0.6) is 0 Å². The number of nitrogens with zero attached hydrogens (tertiary/aromatic N) is 2. The molecule has 2 N–H and O–H groups in total. The summed E-state index contributed by atoms with van der Waals surface area (Å²) in [5, 5.41) is 17.0. The van der Waals surface area contributed by atoms with Gasteiger partial charge in [0, 0.05) is 18.3 Å². The van der Waals surface area contributed by atoms with Crippen LogP contribution in [0.3, 0.4) is 0 Å². The molecule has 5 rings (SSSR count). The Bertz CT molecular complexity index is 721. The van der Waals surface area contributed by atoms with Gasteiger partial charge in [0.05, 0.1) is 12.8 Å². The number of esters is 1. The van der Waals surface area contributed by atoms with Crippen LogP contribution in [-0.4, -0.2) is 58.5 Å². The van der Waals surface area contributed by atoms with E-state index in [4.69, 9.17) is 4.74 Å². The van der Waals surface area contributed by atoms with Crippen molar-refractivity contribution in [3.63, 3.8) is 0 Å². The van der Waals surface area contributed by atoms with Gasteiger partial charge in [-0.05, 0) is 37.4 Å². The summed E-state index contributed by atoms with van der Waals surface area (Å²) in [6.45, 7) is 2.60. The lowest BCUT2D eigenvalue weighted by Gasteiger charge is -2.45. The number of carbonyl (C=O) groups is 1. The van der Waals surface area contributed by atoms with E-state index in [1.54, 1.807) is 12.4 Å². The van der Waals surface area contributed by atoms with Crippen molar-refractivity contribution in [1.82, 2.24) is 15.1 Å². The van der Waals surface area contributed by atoms with Crippen LogP contribution in [0.2, 0.25) is 0 Å². The van der Waals surface area contributed by atoms with E-state index in [1.165, 1.54) is 0 Å². The summed E-state index contributed by atoms with van der Waals surface area (Å²) in [6, 6.07) is 9.31. The van der Waals surface area contributed by atoms with E-state index in [1.807, 2.05) is 30.3 Å². The van der Waals surface area contributed by atoms with Gasteiger partial charge in [-0.3, -0.25) is 14.8 Å². The Kier molecular flexibility index (Phi) is 7.28. The van der Waals surface area contributed by atoms with Crippen LogP contribution in [-0.2, 0) is 14.9 Å². The predicted octanol–water partition coefficient (Wildman–Crippen LogP) is 2.17. The van der Waals surface area contributed by atoms with Gasteiger partial charge in [-0.25, -0.2) is 0 Å². The lowest BCUT2D eigenvalue weighted by atomic mass is 9.76. The SMILES string of the molecule is Cl.Cl.O=C(OC1CN2CCC1CC2)C(CO)(c1ccccc1)c1cn[nH]c1. The van der Waals surface area contributed by atoms with Crippen molar-refractivity contribution < 1.29 is 14.6 Å². The highest BCUT2D eigenvalue weighted by Crippen LogP contribution is 2.36. The van der Waals surface area contributed by atoms with Crippen molar-refractivity contribution in [3.8, 4) is 0 Å². The highest BCUT2D eigenvalue weighted by atomic mass is 35.5. The molecule has 2 bridgehead atoms. The number of carbonyl (C=O) groups excluding carboxylic acids is 1. The van der Waals surface area contributed by atoms with Crippen molar-refractivity contribution in [1.29, 1.82) is 0 Å². The smallest absolute Gasteiger partial charge is 0.323 e. The Morgan fingerprint density at radius 3 is 2.44 bits per heavy atom. The van der Waals surface area contributed by atoms with Gasteiger partial charge in [-0.2, -0.15) is 5.10 Å². The van der Waals surface area contributed by atoms with Crippen molar-refractivity contribution in [2.45, 2.75) is 24.4 Å². The zero-order valence-electron chi connectivity index (χ0n) is 14.9. The summed E-state index contributed by atoms with van der Waals surface area (Å²) >= 11 is 0. The third-order valence-electron chi connectivity index (χ3n) is 5.70. The molecule has 1 aromatic carbocycles. The topological polar surface area (TPSA) is 78.4 Å². The number of ether oxygens (including phenoxy) is 1. The number of nitrogens with one attached hydrogen (secondary N) is 1. The van der Waals surface area contributed by atoms with Gasteiger partial charge in [-0.1, -0.05) is 30.3 Å². The summed E-state index contributed by atoms with van der Waals surface area (Å²) < 4.78 is 5.98. The average Bonchev–Trinajstić information content (AvgIpc) is 3.20. The first kappa shape index (κ1) is 21.7. The molecule has 8 heteroatoms. The van der Waals surface area contributed by atoms with Gasteiger partial charge < -0.3 is 9.84 Å². The zero-order valence-corrected chi connectivity index (χ0v) is 16.5. The second kappa shape index (κ2) is 9.06. The number of rotatable bonds is 5. The van der Waals surface area contributed by atoms with E-state index in [0.717, 1.165) is 32.5 Å². The number of aliphatic hydroxyl groups is 1. The molecule has 4 heterocycles. The predicted molar refractivity (Wildman–Crippen MR) is 106 cm³/mol. The first-order valence-electron chi connectivity index (χ1n) is 8.83. The van der Waals surface area contributed by atoms with E-state index in [0.29, 0.717) is 17.0 Å². The molecular weight excluding hydrogens is 389 g/mol. The van der Waals surface area contributed by atoms with Gasteiger partial charge in [0.2, 0.25) is 0 Å². The second-order valence-corrected chi connectivity index (χ2v) is 7.00. The van der Waals surface area contributed by atoms with E-state index in [2.05, 4.69) is 15.1 Å². The Morgan fingerprint density at radius 2 is 1.93 bits per heavy atom. The largest absolute Gasteiger partial charge is 0.460 e. The van der Waals surface area contributed by atoms with Crippen LogP contribution >= 0.6 is 24.8 Å². The molecule has 3 fully saturated rings. The van der Waals surface area contributed by atoms with Crippen LogP contribution < -0.4 is 0 Å². The maximum absolute atomic E-state index is 13.3. The van der Waals surface area contributed by atoms with Gasteiger partial charge in [0.1, 0.15) is 11.5 Å². The number of fused-ring (bicyclic) bond motifs is 3. The molecule has 0 aliphatic carbocycles. The van der Waals surface area contributed by atoms with Crippen molar-refractivity contribution in [2.75, 3.05) is 26.2 Å². The fourth-order valence-corrected chi connectivity index (χ4v) is 4.14. The highest BCUT2D eigenvalue weighted by Gasteiger charge is 2.47. The highest BCUT2D eigenvalue weighted by molar-refractivity contribution is 5.88. The lowest BCUT2D eigenvalue weighted by molar-refractivity contribution is -0.165. The molecule has 2 unspecified atom stereocenters. The van der Waals surface area contributed by atoms with Crippen LogP contribution in [0.25, 0.3) is 0 Å². The summed E-state index contributed by atoms with van der Waals surface area (Å²) in [5.74, 6) is 0.0202. The number of hydrogen-bond acceptors (Lipinski definition) is 5. The van der Waals surface area contributed by atoms with E-state index in [-0.39, 0.29) is 37.5 Å². The molecule has 27 heavy (non-hydrogen) atoms. The summed E-state index contributed by atoms with van der Waals surface area (Å²) in [5.41, 5.74) is 0.0814. The van der Waals surface area contributed by atoms with Crippen LogP contribution in [0.4, 0.5) is 0 Å². The van der Waals surface area contributed by atoms with E-state index < -0.39 is 11.4 Å². The molecule has 2 atom stereocenters. The molecule has 0 saturated carbocycles. The zero-order chi connectivity index (χ0) is 17.3. The molecule has 3 aliphatic heterocycles. The quantitative estimate of drug-likeness (QED) is 0.734. The summed E-state index contributed by atoms with van der Waals surface area (Å²) in [6.07, 6.45) is 5.28. The maximum Gasteiger partial charge on any atom is 0.323 e. The minimum Gasteiger partial charge on any atom is -0.460 e. The molecule has 0 spiro atoms. The van der Waals surface area contributed by atoms with E-state index >= 15 is 0 Å². The van der Waals surface area contributed by atoms with Crippen molar-refractivity contribution in [2.24, 2.45) is 5.92 Å². The normalized spacial score (nSPS) is 25.6. The average molecular weight is 414 g/mol. The Hall–Kier alpha value is -1.60. The minimum absolute atomic E-state index is 0. The molecule has 3 aliphatic rings.